The number of hydrogen-bond donors (Lipinski definition) is 2. The van der Waals surface area contributed by atoms with Crippen molar-refractivity contribution in [2.45, 2.75) is 77.4 Å². The van der Waals surface area contributed by atoms with Gasteiger partial charge in [0.1, 0.15) is 6.10 Å². The highest BCUT2D eigenvalue weighted by Gasteiger charge is 2.16. The monoisotopic (exact) mass is 274 g/mol. The van der Waals surface area contributed by atoms with Gasteiger partial charge in [0.05, 0.1) is 6.10 Å². The van der Waals surface area contributed by atoms with Gasteiger partial charge in [-0.15, -0.1) is 0 Å². The zero-order chi connectivity index (χ0) is 14.7. The maximum atomic E-state index is 11.6. The van der Waals surface area contributed by atoms with Crippen LogP contribution in [0.15, 0.2) is 0 Å². The quantitative estimate of drug-likeness (QED) is 0.447. The molecule has 0 bridgehead atoms. The first-order chi connectivity index (χ1) is 8.95. The van der Waals surface area contributed by atoms with Crippen molar-refractivity contribution in [1.29, 1.82) is 0 Å². The van der Waals surface area contributed by atoms with Crippen molar-refractivity contribution in [2.24, 2.45) is 0 Å². The number of carboxylic acid groups (broad SMARTS) is 1. The van der Waals surface area contributed by atoms with Crippen molar-refractivity contribution in [3.8, 4) is 0 Å². The molecule has 0 spiro atoms. The molecule has 0 aromatic heterocycles. The number of aliphatic carboxylic acids is 1. The number of rotatable bonds is 11. The van der Waals surface area contributed by atoms with Crippen molar-refractivity contribution in [2.75, 3.05) is 0 Å². The van der Waals surface area contributed by atoms with Crippen LogP contribution in [-0.2, 0) is 14.3 Å². The maximum Gasteiger partial charge on any atom is 0.306 e. The lowest BCUT2D eigenvalue weighted by Crippen LogP contribution is -2.22. The predicted molar refractivity (Wildman–Crippen MR) is 71.8 cm³/mol. The molecule has 19 heavy (non-hydrogen) atoms. The normalized spacial score (nSPS) is 13.8. The average molecular weight is 274 g/mol. The number of aliphatic hydroxyl groups is 1. The van der Waals surface area contributed by atoms with Crippen molar-refractivity contribution >= 4 is 11.9 Å². The van der Waals surface area contributed by atoms with E-state index >= 15 is 0 Å². The Morgan fingerprint density at radius 2 is 1.79 bits per heavy atom. The van der Waals surface area contributed by atoms with E-state index in [0.717, 1.165) is 19.3 Å². The molecule has 0 heterocycles. The summed E-state index contributed by atoms with van der Waals surface area (Å²) in [6.07, 6.45) is 3.84. The van der Waals surface area contributed by atoms with Gasteiger partial charge in [0.2, 0.25) is 0 Å². The number of esters is 1. The van der Waals surface area contributed by atoms with Gasteiger partial charge in [0, 0.05) is 19.3 Å². The van der Waals surface area contributed by atoms with Gasteiger partial charge in [-0.1, -0.05) is 19.8 Å². The Hall–Kier alpha value is -1.10. The minimum absolute atomic E-state index is 0.0835. The van der Waals surface area contributed by atoms with E-state index in [1.54, 1.807) is 6.92 Å². The van der Waals surface area contributed by atoms with Crippen LogP contribution < -0.4 is 0 Å². The lowest BCUT2D eigenvalue weighted by Gasteiger charge is -2.19. The molecule has 0 amide bonds. The lowest BCUT2D eigenvalue weighted by molar-refractivity contribution is -0.151. The van der Waals surface area contributed by atoms with E-state index in [1.165, 1.54) is 0 Å². The standard InChI is InChI=1S/C14H26O5/c1-3-4-7-12(10-11(2)15)19-14(18)9-6-5-8-13(16)17/h11-12,15H,3-10H2,1-2H3,(H,16,17). The first kappa shape index (κ1) is 17.9. The average Bonchev–Trinajstić information content (AvgIpc) is 2.30. The Kier molecular flexibility index (Phi) is 10.2. The Bertz CT molecular complexity index is 263. The maximum absolute atomic E-state index is 11.6. The third-order valence-electron chi connectivity index (χ3n) is 2.80. The molecule has 0 aromatic rings. The summed E-state index contributed by atoms with van der Waals surface area (Å²) >= 11 is 0. The van der Waals surface area contributed by atoms with Crippen LogP contribution in [0.2, 0.25) is 0 Å². The molecule has 0 aliphatic heterocycles. The fourth-order valence-electron chi connectivity index (χ4n) is 1.83. The second kappa shape index (κ2) is 10.8. The molecule has 2 N–H and O–H groups in total. The molecule has 0 aliphatic carbocycles. The highest BCUT2D eigenvalue weighted by molar-refractivity contribution is 5.70. The second-order valence-corrected chi connectivity index (χ2v) is 4.94. The second-order valence-electron chi connectivity index (χ2n) is 4.94. The molecule has 0 rings (SSSR count). The van der Waals surface area contributed by atoms with E-state index in [-0.39, 0.29) is 24.9 Å². The topological polar surface area (TPSA) is 83.8 Å². The molecule has 5 nitrogen and oxygen atoms in total. The predicted octanol–water partition coefficient (Wildman–Crippen LogP) is 2.50. The molecule has 2 unspecified atom stereocenters. The minimum atomic E-state index is -0.844. The van der Waals surface area contributed by atoms with Crippen LogP contribution in [0, 0.1) is 0 Å². The highest BCUT2D eigenvalue weighted by atomic mass is 16.5. The third kappa shape index (κ3) is 11.7. The van der Waals surface area contributed by atoms with Crippen LogP contribution in [0.3, 0.4) is 0 Å². The fraction of sp³-hybridized carbons (Fsp3) is 0.857. The molecule has 0 aliphatic rings. The number of ether oxygens (including phenoxy) is 1. The number of carbonyl (C=O) groups excluding carboxylic acids is 1. The van der Waals surface area contributed by atoms with E-state index in [2.05, 4.69) is 6.92 Å². The summed E-state index contributed by atoms with van der Waals surface area (Å²) in [6, 6.07) is 0. The zero-order valence-electron chi connectivity index (χ0n) is 11.9. The first-order valence-corrected chi connectivity index (χ1v) is 7.05. The van der Waals surface area contributed by atoms with Gasteiger partial charge in [-0.25, -0.2) is 0 Å². The van der Waals surface area contributed by atoms with Crippen molar-refractivity contribution in [3.63, 3.8) is 0 Å². The Balaban J connectivity index is 3.90. The molecule has 0 saturated carbocycles. The van der Waals surface area contributed by atoms with Crippen LogP contribution in [0.5, 0.6) is 0 Å². The van der Waals surface area contributed by atoms with Gasteiger partial charge in [-0.05, 0) is 26.2 Å². The summed E-state index contributed by atoms with van der Waals surface area (Å²) in [6.45, 7) is 3.74. The summed E-state index contributed by atoms with van der Waals surface area (Å²) in [5.41, 5.74) is 0. The molecule has 0 fully saturated rings. The minimum Gasteiger partial charge on any atom is -0.481 e. The van der Waals surface area contributed by atoms with E-state index < -0.39 is 12.1 Å². The van der Waals surface area contributed by atoms with Crippen LogP contribution in [0.1, 0.15) is 65.2 Å². The van der Waals surface area contributed by atoms with Gasteiger partial charge in [0.25, 0.3) is 0 Å². The molecule has 5 heteroatoms. The largest absolute Gasteiger partial charge is 0.481 e. The van der Waals surface area contributed by atoms with Crippen LogP contribution in [0.4, 0.5) is 0 Å². The summed E-state index contributed by atoms with van der Waals surface area (Å²) in [5, 5.41) is 17.8. The van der Waals surface area contributed by atoms with Gasteiger partial charge in [0.15, 0.2) is 0 Å². The van der Waals surface area contributed by atoms with E-state index in [9.17, 15) is 14.7 Å². The number of hydrogen-bond acceptors (Lipinski definition) is 4. The number of aliphatic hydroxyl groups excluding tert-OH is 1. The molecule has 2 atom stereocenters. The van der Waals surface area contributed by atoms with Crippen molar-refractivity contribution < 1.29 is 24.5 Å². The molecule has 0 aromatic carbocycles. The Morgan fingerprint density at radius 1 is 1.16 bits per heavy atom. The van der Waals surface area contributed by atoms with Gasteiger partial charge in [-0.2, -0.15) is 0 Å². The highest BCUT2D eigenvalue weighted by Crippen LogP contribution is 2.13. The summed E-state index contributed by atoms with van der Waals surface area (Å²) in [4.78, 5) is 21.9. The Labute approximate surface area is 115 Å². The lowest BCUT2D eigenvalue weighted by atomic mass is 10.1. The molecule has 0 radical (unpaired) electrons. The summed E-state index contributed by atoms with van der Waals surface area (Å²) in [7, 11) is 0. The van der Waals surface area contributed by atoms with Gasteiger partial charge >= 0.3 is 11.9 Å². The SMILES string of the molecule is CCCCC(CC(C)O)OC(=O)CCCCC(=O)O. The van der Waals surface area contributed by atoms with Crippen LogP contribution >= 0.6 is 0 Å². The van der Waals surface area contributed by atoms with E-state index in [0.29, 0.717) is 19.3 Å². The number of carbonyl (C=O) groups is 2. The van der Waals surface area contributed by atoms with E-state index in [1.807, 2.05) is 0 Å². The number of unbranched alkanes of at least 4 members (excludes halogenated alkanes) is 2. The van der Waals surface area contributed by atoms with Crippen molar-refractivity contribution in [1.82, 2.24) is 0 Å². The Morgan fingerprint density at radius 3 is 2.32 bits per heavy atom. The molecule has 0 saturated heterocycles. The van der Waals surface area contributed by atoms with Crippen LogP contribution in [-0.4, -0.2) is 34.4 Å². The van der Waals surface area contributed by atoms with Crippen LogP contribution in [0.25, 0.3) is 0 Å². The fourth-order valence-corrected chi connectivity index (χ4v) is 1.83. The zero-order valence-corrected chi connectivity index (χ0v) is 11.9. The third-order valence-corrected chi connectivity index (χ3v) is 2.80. The molecular weight excluding hydrogens is 248 g/mol. The summed E-state index contributed by atoms with van der Waals surface area (Å²) < 4.78 is 5.32. The first-order valence-electron chi connectivity index (χ1n) is 7.05. The van der Waals surface area contributed by atoms with E-state index in [4.69, 9.17) is 9.84 Å². The van der Waals surface area contributed by atoms with Gasteiger partial charge < -0.3 is 14.9 Å². The van der Waals surface area contributed by atoms with Crippen molar-refractivity contribution in [3.05, 3.63) is 0 Å². The molecule has 112 valence electrons. The number of carboxylic acids is 1. The summed E-state index contributed by atoms with van der Waals surface area (Å²) in [5.74, 6) is -1.14. The smallest absolute Gasteiger partial charge is 0.306 e. The van der Waals surface area contributed by atoms with Gasteiger partial charge in [-0.3, -0.25) is 9.59 Å². The molecular formula is C14H26O5.